The summed E-state index contributed by atoms with van der Waals surface area (Å²) < 4.78 is 23.8. The molecule has 1 heterocycles. The lowest BCUT2D eigenvalue weighted by Crippen LogP contribution is -2.44. The molecule has 0 saturated heterocycles. The minimum Gasteiger partial charge on any atom is -0.486 e. The molecule has 1 atom stereocenters. The molecule has 0 bridgehead atoms. The van der Waals surface area contributed by atoms with Gasteiger partial charge in [0.05, 0.1) is 0 Å². The molecular formula is C22H21FN2O4. The molecule has 0 fully saturated rings. The van der Waals surface area contributed by atoms with E-state index in [1.807, 2.05) is 30.3 Å². The van der Waals surface area contributed by atoms with E-state index in [2.05, 4.69) is 10.6 Å². The van der Waals surface area contributed by atoms with Gasteiger partial charge in [-0.05, 0) is 48.9 Å². The predicted molar refractivity (Wildman–Crippen MR) is 105 cm³/mol. The highest BCUT2D eigenvalue weighted by Crippen LogP contribution is 2.15. The van der Waals surface area contributed by atoms with Crippen molar-refractivity contribution in [1.29, 1.82) is 0 Å². The summed E-state index contributed by atoms with van der Waals surface area (Å²) in [5, 5.41) is 5.37. The van der Waals surface area contributed by atoms with Gasteiger partial charge in [0, 0.05) is 6.54 Å². The van der Waals surface area contributed by atoms with Crippen molar-refractivity contribution in [2.24, 2.45) is 0 Å². The summed E-state index contributed by atoms with van der Waals surface area (Å²) in [4.78, 5) is 24.5. The third kappa shape index (κ3) is 5.93. The van der Waals surface area contributed by atoms with E-state index in [0.29, 0.717) is 18.1 Å². The van der Waals surface area contributed by atoms with Gasteiger partial charge in [0.25, 0.3) is 5.91 Å². The fraction of sp³-hybridized carbons (Fsp3) is 0.182. The van der Waals surface area contributed by atoms with Crippen molar-refractivity contribution in [2.75, 3.05) is 0 Å². The normalized spacial score (nSPS) is 11.5. The number of furan rings is 1. The molecule has 2 N–H and O–H groups in total. The number of ether oxygens (including phenoxy) is 1. The van der Waals surface area contributed by atoms with Crippen LogP contribution in [0.1, 0.15) is 28.8 Å². The van der Waals surface area contributed by atoms with E-state index < -0.39 is 11.9 Å². The molecule has 150 valence electrons. The van der Waals surface area contributed by atoms with Crippen LogP contribution in [-0.2, 0) is 17.9 Å². The smallest absolute Gasteiger partial charge is 0.287 e. The summed E-state index contributed by atoms with van der Waals surface area (Å²) in [6, 6.07) is 17.5. The summed E-state index contributed by atoms with van der Waals surface area (Å²) in [5.74, 6) is -0.158. The molecule has 0 spiro atoms. The fourth-order valence-corrected chi connectivity index (χ4v) is 2.53. The molecule has 0 radical (unpaired) electrons. The third-order valence-electron chi connectivity index (χ3n) is 4.13. The Labute approximate surface area is 167 Å². The topological polar surface area (TPSA) is 80.6 Å². The number of halogens is 1. The fourth-order valence-electron chi connectivity index (χ4n) is 2.53. The Bertz CT molecular complexity index is 954. The summed E-state index contributed by atoms with van der Waals surface area (Å²) in [6.45, 7) is 2.07. The van der Waals surface area contributed by atoms with Crippen molar-refractivity contribution < 1.29 is 23.1 Å². The van der Waals surface area contributed by atoms with Gasteiger partial charge in [-0.3, -0.25) is 9.59 Å². The summed E-state index contributed by atoms with van der Waals surface area (Å²) in [7, 11) is 0. The SMILES string of the molecule is CC(NC(=O)c1ccc(COc2ccc(F)cc2)o1)C(=O)NCc1ccccc1. The van der Waals surface area contributed by atoms with Crippen LogP contribution in [0.2, 0.25) is 0 Å². The predicted octanol–water partition coefficient (Wildman–Crippen LogP) is 3.43. The maximum absolute atomic E-state index is 12.9. The van der Waals surface area contributed by atoms with E-state index in [1.54, 1.807) is 13.0 Å². The molecule has 2 aromatic carbocycles. The highest BCUT2D eigenvalue weighted by Gasteiger charge is 2.19. The molecular weight excluding hydrogens is 375 g/mol. The first kappa shape index (κ1) is 20.1. The van der Waals surface area contributed by atoms with Gasteiger partial charge in [-0.1, -0.05) is 30.3 Å². The third-order valence-corrected chi connectivity index (χ3v) is 4.13. The van der Waals surface area contributed by atoms with Crippen LogP contribution in [0.3, 0.4) is 0 Å². The summed E-state index contributed by atoms with van der Waals surface area (Å²) in [6.07, 6.45) is 0. The molecule has 3 aromatic rings. The largest absolute Gasteiger partial charge is 0.486 e. The van der Waals surface area contributed by atoms with Crippen molar-refractivity contribution in [3.8, 4) is 5.75 Å². The molecule has 1 aromatic heterocycles. The Kier molecular flexibility index (Phi) is 6.63. The first-order chi connectivity index (χ1) is 14.0. The van der Waals surface area contributed by atoms with Gasteiger partial charge < -0.3 is 19.8 Å². The second-order valence-corrected chi connectivity index (χ2v) is 6.41. The second kappa shape index (κ2) is 9.54. The standard InChI is InChI=1S/C22H21FN2O4/c1-15(21(26)24-13-16-5-3-2-4-6-16)25-22(27)20-12-11-19(29-20)14-28-18-9-7-17(23)8-10-18/h2-12,15H,13-14H2,1H3,(H,24,26)(H,25,27). The molecule has 0 saturated carbocycles. The van der Waals surface area contributed by atoms with Crippen LogP contribution in [0.4, 0.5) is 4.39 Å². The molecule has 29 heavy (non-hydrogen) atoms. The minimum absolute atomic E-state index is 0.0745. The van der Waals surface area contributed by atoms with E-state index in [9.17, 15) is 14.0 Å². The van der Waals surface area contributed by atoms with Crippen LogP contribution < -0.4 is 15.4 Å². The van der Waals surface area contributed by atoms with Gasteiger partial charge in [0.2, 0.25) is 5.91 Å². The number of nitrogens with one attached hydrogen (secondary N) is 2. The van der Waals surface area contributed by atoms with E-state index in [4.69, 9.17) is 9.15 Å². The number of benzene rings is 2. The Morgan fingerprint density at radius 2 is 1.76 bits per heavy atom. The van der Waals surface area contributed by atoms with Crippen molar-refractivity contribution >= 4 is 11.8 Å². The van der Waals surface area contributed by atoms with Crippen LogP contribution in [0.5, 0.6) is 5.75 Å². The average molecular weight is 396 g/mol. The maximum atomic E-state index is 12.9. The minimum atomic E-state index is -0.727. The second-order valence-electron chi connectivity index (χ2n) is 6.41. The van der Waals surface area contributed by atoms with Gasteiger partial charge in [0.15, 0.2) is 5.76 Å². The van der Waals surface area contributed by atoms with Crippen LogP contribution in [0.15, 0.2) is 71.1 Å². The summed E-state index contributed by atoms with van der Waals surface area (Å²) >= 11 is 0. The zero-order valence-corrected chi connectivity index (χ0v) is 15.9. The first-order valence-electron chi connectivity index (χ1n) is 9.11. The average Bonchev–Trinajstić information content (AvgIpc) is 3.21. The molecule has 3 rings (SSSR count). The summed E-state index contributed by atoms with van der Waals surface area (Å²) in [5.41, 5.74) is 0.969. The van der Waals surface area contributed by atoms with Gasteiger partial charge in [-0.2, -0.15) is 0 Å². The molecule has 1 unspecified atom stereocenters. The molecule has 6 nitrogen and oxygen atoms in total. The Morgan fingerprint density at radius 1 is 1.03 bits per heavy atom. The molecule has 2 amide bonds. The van der Waals surface area contributed by atoms with Crippen molar-refractivity contribution in [2.45, 2.75) is 26.1 Å². The van der Waals surface area contributed by atoms with E-state index in [-0.39, 0.29) is 24.1 Å². The highest BCUT2D eigenvalue weighted by molar-refractivity contribution is 5.95. The highest BCUT2D eigenvalue weighted by atomic mass is 19.1. The number of hydrogen-bond acceptors (Lipinski definition) is 4. The Balaban J connectivity index is 1.47. The number of carbonyl (C=O) groups is 2. The molecule has 0 aliphatic rings. The van der Waals surface area contributed by atoms with E-state index in [0.717, 1.165) is 5.56 Å². The van der Waals surface area contributed by atoms with Gasteiger partial charge in [-0.25, -0.2) is 4.39 Å². The lowest BCUT2D eigenvalue weighted by atomic mass is 10.2. The zero-order valence-electron chi connectivity index (χ0n) is 15.9. The van der Waals surface area contributed by atoms with Crippen molar-refractivity contribution in [1.82, 2.24) is 10.6 Å². The number of rotatable bonds is 8. The van der Waals surface area contributed by atoms with Crippen LogP contribution in [0.25, 0.3) is 0 Å². The number of amides is 2. The van der Waals surface area contributed by atoms with Crippen molar-refractivity contribution in [3.05, 3.63) is 89.6 Å². The monoisotopic (exact) mass is 396 g/mol. The Hall–Kier alpha value is -3.61. The van der Waals surface area contributed by atoms with Crippen LogP contribution >= 0.6 is 0 Å². The molecule has 0 aliphatic heterocycles. The maximum Gasteiger partial charge on any atom is 0.287 e. The quantitative estimate of drug-likeness (QED) is 0.611. The van der Waals surface area contributed by atoms with Gasteiger partial charge in [-0.15, -0.1) is 0 Å². The first-order valence-corrected chi connectivity index (χ1v) is 9.11. The number of hydrogen-bond donors (Lipinski definition) is 2. The van der Waals surface area contributed by atoms with Crippen molar-refractivity contribution in [3.63, 3.8) is 0 Å². The van der Waals surface area contributed by atoms with E-state index in [1.165, 1.54) is 30.3 Å². The number of carbonyl (C=O) groups excluding carboxylic acids is 2. The van der Waals surface area contributed by atoms with E-state index >= 15 is 0 Å². The molecule has 7 heteroatoms. The lowest BCUT2D eigenvalue weighted by molar-refractivity contribution is -0.122. The van der Waals surface area contributed by atoms with Crippen LogP contribution in [0, 0.1) is 5.82 Å². The molecule has 0 aliphatic carbocycles. The Morgan fingerprint density at radius 3 is 2.48 bits per heavy atom. The van der Waals surface area contributed by atoms with Crippen LogP contribution in [-0.4, -0.2) is 17.9 Å². The zero-order chi connectivity index (χ0) is 20.6. The van der Waals surface area contributed by atoms with Gasteiger partial charge in [0.1, 0.15) is 30.0 Å². The lowest BCUT2D eigenvalue weighted by Gasteiger charge is -2.13. The van der Waals surface area contributed by atoms with Gasteiger partial charge >= 0.3 is 0 Å².